The molecule has 2 aliphatic heterocycles. The first kappa shape index (κ1) is 23.6. The zero-order valence-electron chi connectivity index (χ0n) is 17.4. The summed E-state index contributed by atoms with van der Waals surface area (Å²) in [6.45, 7) is 8.20. The highest BCUT2D eigenvalue weighted by atomic mass is 32.2. The molecular formula is C19H30N2O7S. The second kappa shape index (κ2) is 9.90. The third-order valence-electron chi connectivity index (χ3n) is 4.61. The van der Waals surface area contributed by atoms with Gasteiger partial charge in [0.25, 0.3) is 0 Å². The normalized spacial score (nSPS) is 25.2. The summed E-state index contributed by atoms with van der Waals surface area (Å²) in [5.41, 5.74) is -0.473. The third kappa shape index (κ3) is 7.27. The van der Waals surface area contributed by atoms with Crippen LogP contribution in [0.1, 0.15) is 47.0 Å². The highest BCUT2D eigenvalue weighted by molar-refractivity contribution is 8.13. The minimum atomic E-state index is -0.833. The van der Waals surface area contributed by atoms with Crippen molar-refractivity contribution in [1.29, 1.82) is 0 Å². The van der Waals surface area contributed by atoms with Gasteiger partial charge < -0.3 is 24.8 Å². The summed E-state index contributed by atoms with van der Waals surface area (Å²) in [5.74, 6) is -1.28. The molecule has 2 rings (SSSR count). The zero-order valence-corrected chi connectivity index (χ0v) is 18.2. The fraction of sp³-hybridized carbons (Fsp3) is 0.789. The molecule has 2 amide bonds. The number of ether oxygens (including phenoxy) is 3. The van der Waals surface area contributed by atoms with Crippen LogP contribution in [0.25, 0.3) is 0 Å². The molecule has 2 fully saturated rings. The molecule has 0 spiro atoms. The first-order valence-electron chi connectivity index (χ1n) is 9.72. The van der Waals surface area contributed by atoms with Gasteiger partial charge in [-0.25, -0.2) is 0 Å². The van der Waals surface area contributed by atoms with Gasteiger partial charge in [0, 0.05) is 43.5 Å². The number of cyclic esters (lactones) is 1. The van der Waals surface area contributed by atoms with E-state index in [1.165, 1.54) is 0 Å². The zero-order chi connectivity index (χ0) is 21.7. The number of rotatable bonds is 8. The summed E-state index contributed by atoms with van der Waals surface area (Å²) in [4.78, 5) is 47.2. The van der Waals surface area contributed by atoms with Crippen molar-refractivity contribution in [3.05, 3.63) is 0 Å². The highest BCUT2D eigenvalue weighted by Gasteiger charge is 2.45. The molecule has 10 heteroatoms. The number of nitrogens with one attached hydrogen (secondary N) is 2. The first-order valence-corrected chi connectivity index (χ1v) is 10.7. The van der Waals surface area contributed by atoms with Gasteiger partial charge >= 0.3 is 5.97 Å². The highest BCUT2D eigenvalue weighted by Crippen LogP contribution is 2.34. The molecule has 0 aromatic carbocycles. The van der Waals surface area contributed by atoms with Crippen LogP contribution in [-0.4, -0.2) is 66.3 Å². The van der Waals surface area contributed by atoms with Gasteiger partial charge in [-0.1, -0.05) is 25.6 Å². The van der Waals surface area contributed by atoms with E-state index in [4.69, 9.17) is 14.2 Å². The summed E-state index contributed by atoms with van der Waals surface area (Å²) in [7, 11) is 0. The van der Waals surface area contributed by atoms with Crippen LogP contribution >= 0.6 is 11.8 Å². The molecule has 29 heavy (non-hydrogen) atoms. The molecule has 2 atom stereocenters. The lowest BCUT2D eigenvalue weighted by Crippen LogP contribution is -2.56. The molecule has 0 aromatic rings. The predicted molar refractivity (Wildman–Crippen MR) is 106 cm³/mol. The number of thioether (sulfide) groups is 1. The smallest absolute Gasteiger partial charge is 0.306 e. The molecule has 0 bridgehead atoms. The van der Waals surface area contributed by atoms with E-state index >= 15 is 0 Å². The standard InChI is InChI=1S/C19H30N2O7S/c1-18(2)11-26-19(3,4)28-15(18)16(24)21-8-7-13(22)20-9-10-29-17(25)12-5-6-14(23)27-12/h12,15H,5-11H2,1-4H3,(H,20,22)(H,21,24)/t12?,15-/m0/s1. The van der Waals surface area contributed by atoms with Crippen molar-refractivity contribution in [3.63, 3.8) is 0 Å². The maximum absolute atomic E-state index is 12.5. The SMILES string of the molecule is CC1(C)OCC(C)(C)[C@H](C(=O)NCCC(=O)NCCSC(=O)C2CCC(=O)O2)O1. The molecule has 9 nitrogen and oxygen atoms in total. The van der Waals surface area contributed by atoms with E-state index in [2.05, 4.69) is 10.6 Å². The second-order valence-corrected chi connectivity index (χ2v) is 9.35. The average molecular weight is 431 g/mol. The Morgan fingerprint density at radius 3 is 2.52 bits per heavy atom. The Hall–Kier alpha value is -1.65. The lowest BCUT2D eigenvalue weighted by Gasteiger charge is -2.44. The van der Waals surface area contributed by atoms with Crippen molar-refractivity contribution in [2.24, 2.45) is 5.41 Å². The van der Waals surface area contributed by atoms with Crippen LogP contribution in [0.3, 0.4) is 0 Å². The molecule has 0 aromatic heterocycles. The van der Waals surface area contributed by atoms with Gasteiger partial charge in [-0.2, -0.15) is 0 Å². The molecule has 1 unspecified atom stereocenters. The van der Waals surface area contributed by atoms with Gasteiger partial charge in [-0.05, 0) is 13.8 Å². The molecule has 2 heterocycles. The molecule has 164 valence electrons. The Labute approximate surface area is 175 Å². The Balaban J connectivity index is 1.61. The minimum absolute atomic E-state index is 0.123. The molecule has 2 saturated heterocycles. The van der Waals surface area contributed by atoms with Crippen molar-refractivity contribution >= 4 is 34.7 Å². The van der Waals surface area contributed by atoms with Gasteiger partial charge in [0.2, 0.25) is 16.9 Å². The molecule has 0 aliphatic carbocycles. The Morgan fingerprint density at radius 2 is 1.86 bits per heavy atom. The summed E-state index contributed by atoms with van der Waals surface area (Å²) in [6.07, 6.45) is -0.520. The fourth-order valence-electron chi connectivity index (χ4n) is 2.93. The lowest BCUT2D eigenvalue weighted by atomic mass is 9.85. The number of amides is 2. The maximum Gasteiger partial charge on any atom is 0.306 e. The average Bonchev–Trinajstić information content (AvgIpc) is 3.07. The Morgan fingerprint density at radius 1 is 1.14 bits per heavy atom. The van der Waals surface area contributed by atoms with E-state index in [0.717, 1.165) is 11.8 Å². The van der Waals surface area contributed by atoms with Gasteiger partial charge in [0.1, 0.15) is 6.10 Å². The van der Waals surface area contributed by atoms with Gasteiger partial charge in [-0.3, -0.25) is 19.2 Å². The Bertz CT molecular complexity index is 650. The van der Waals surface area contributed by atoms with Gasteiger partial charge in [0.15, 0.2) is 11.9 Å². The van der Waals surface area contributed by atoms with E-state index in [1.807, 2.05) is 13.8 Å². The minimum Gasteiger partial charge on any atom is -0.453 e. The van der Waals surface area contributed by atoms with Crippen LogP contribution in [0.2, 0.25) is 0 Å². The first-order chi connectivity index (χ1) is 13.5. The van der Waals surface area contributed by atoms with E-state index in [9.17, 15) is 19.2 Å². The molecule has 2 aliphatic rings. The van der Waals surface area contributed by atoms with Crippen LogP contribution in [0, 0.1) is 5.41 Å². The summed E-state index contributed by atoms with van der Waals surface area (Å²) >= 11 is 1.04. The van der Waals surface area contributed by atoms with Gasteiger partial charge in [0.05, 0.1) is 6.61 Å². The van der Waals surface area contributed by atoms with E-state index in [-0.39, 0.29) is 42.3 Å². The van der Waals surface area contributed by atoms with E-state index < -0.39 is 23.4 Å². The van der Waals surface area contributed by atoms with E-state index in [0.29, 0.717) is 25.3 Å². The molecule has 0 radical (unpaired) electrons. The van der Waals surface area contributed by atoms with Crippen molar-refractivity contribution in [1.82, 2.24) is 10.6 Å². The molecule has 0 saturated carbocycles. The topological polar surface area (TPSA) is 120 Å². The predicted octanol–water partition coefficient (Wildman–Crippen LogP) is 0.752. The monoisotopic (exact) mass is 430 g/mol. The van der Waals surface area contributed by atoms with Crippen LogP contribution in [-0.2, 0) is 33.4 Å². The molecule has 2 N–H and O–H groups in total. The van der Waals surface area contributed by atoms with Crippen molar-refractivity contribution in [3.8, 4) is 0 Å². The summed E-state index contributed by atoms with van der Waals surface area (Å²) in [6, 6.07) is 0. The van der Waals surface area contributed by atoms with Crippen LogP contribution in [0.5, 0.6) is 0 Å². The number of carbonyl (C=O) groups excluding carboxylic acids is 4. The molecular weight excluding hydrogens is 400 g/mol. The number of carbonyl (C=O) groups is 4. The van der Waals surface area contributed by atoms with Crippen LogP contribution in [0.15, 0.2) is 0 Å². The van der Waals surface area contributed by atoms with Gasteiger partial charge in [-0.15, -0.1) is 0 Å². The van der Waals surface area contributed by atoms with Crippen LogP contribution in [0.4, 0.5) is 0 Å². The number of hydrogen-bond donors (Lipinski definition) is 2. The lowest BCUT2D eigenvalue weighted by molar-refractivity contribution is -0.304. The maximum atomic E-state index is 12.5. The van der Waals surface area contributed by atoms with Crippen molar-refractivity contribution < 1.29 is 33.4 Å². The van der Waals surface area contributed by atoms with Crippen molar-refractivity contribution in [2.75, 3.05) is 25.4 Å². The largest absolute Gasteiger partial charge is 0.453 e. The fourth-order valence-corrected chi connectivity index (χ4v) is 3.69. The van der Waals surface area contributed by atoms with Crippen LogP contribution < -0.4 is 10.6 Å². The summed E-state index contributed by atoms with van der Waals surface area (Å²) < 4.78 is 16.3. The quantitative estimate of drug-likeness (QED) is 0.428. The van der Waals surface area contributed by atoms with Crippen molar-refractivity contribution in [2.45, 2.75) is 65.0 Å². The number of hydrogen-bond acceptors (Lipinski definition) is 8. The third-order valence-corrected chi connectivity index (χ3v) is 5.56. The Kier molecular flexibility index (Phi) is 8.07. The summed E-state index contributed by atoms with van der Waals surface area (Å²) in [5, 5.41) is 5.24. The second-order valence-electron chi connectivity index (χ2n) is 8.25. The van der Waals surface area contributed by atoms with E-state index in [1.54, 1.807) is 13.8 Å². The number of esters is 1.